The molecule has 1 fully saturated rings. The molecule has 0 radical (unpaired) electrons. The molecule has 2 aromatic carbocycles. The maximum Gasteiger partial charge on any atom is 0.154 e. The van der Waals surface area contributed by atoms with E-state index in [2.05, 4.69) is 59.4 Å². The molecule has 4 rings (SSSR count). The van der Waals surface area contributed by atoms with Crippen molar-refractivity contribution in [1.82, 2.24) is 10.1 Å². The van der Waals surface area contributed by atoms with Crippen LogP contribution in [0.4, 0.5) is 0 Å². The van der Waals surface area contributed by atoms with Crippen molar-refractivity contribution in [2.45, 2.75) is 45.4 Å². The second-order valence-electron chi connectivity index (χ2n) is 7.12. The molecule has 0 spiro atoms. The van der Waals surface area contributed by atoms with Crippen molar-refractivity contribution in [3.63, 3.8) is 0 Å². The topological polar surface area (TPSA) is 38.5 Å². The van der Waals surface area contributed by atoms with Crippen LogP contribution in [0.1, 0.15) is 48.4 Å². The minimum Gasteiger partial charge on any atom is -0.489 e. The first-order chi connectivity index (χ1) is 13.3. The van der Waals surface area contributed by atoms with E-state index in [0.29, 0.717) is 12.6 Å². The Balaban J connectivity index is 1.36. The summed E-state index contributed by atoms with van der Waals surface area (Å²) in [4.78, 5) is 2.49. The highest BCUT2D eigenvalue weighted by Gasteiger charge is 2.29. The lowest BCUT2D eigenvalue weighted by atomic mass is 10.1. The highest BCUT2D eigenvalue weighted by atomic mass is 16.5. The summed E-state index contributed by atoms with van der Waals surface area (Å²) < 4.78 is 11.5. The van der Waals surface area contributed by atoms with Crippen LogP contribution < -0.4 is 4.74 Å². The van der Waals surface area contributed by atoms with Gasteiger partial charge in [0, 0.05) is 12.6 Å². The van der Waals surface area contributed by atoms with Gasteiger partial charge in [-0.25, -0.2) is 0 Å². The van der Waals surface area contributed by atoms with Gasteiger partial charge in [0.1, 0.15) is 12.4 Å². The molecule has 1 saturated heterocycles. The second-order valence-corrected chi connectivity index (χ2v) is 7.12. The average molecular weight is 362 g/mol. The molecule has 1 aromatic heterocycles. The number of hydrogen-bond acceptors (Lipinski definition) is 4. The van der Waals surface area contributed by atoms with Crippen LogP contribution in [0.2, 0.25) is 0 Å². The molecule has 27 heavy (non-hydrogen) atoms. The predicted octanol–water partition coefficient (Wildman–Crippen LogP) is 5.15. The standard InChI is InChI=1S/C23H26N2O2/c1-2-20-15-23(27-24-20)22-9-6-14-25(22)16-18-10-12-21(13-11-18)26-17-19-7-4-3-5-8-19/h3-5,7-8,10-13,15,22H,2,6,9,14,16-17H2,1H3. The Labute approximate surface area is 160 Å². The quantitative estimate of drug-likeness (QED) is 0.582. The molecule has 1 aliphatic rings. The van der Waals surface area contributed by atoms with Gasteiger partial charge >= 0.3 is 0 Å². The van der Waals surface area contributed by atoms with Gasteiger partial charge in [-0.1, -0.05) is 54.5 Å². The largest absolute Gasteiger partial charge is 0.489 e. The minimum atomic E-state index is 0.340. The van der Waals surface area contributed by atoms with E-state index in [9.17, 15) is 0 Å². The van der Waals surface area contributed by atoms with Crippen LogP contribution in [0.5, 0.6) is 5.75 Å². The van der Waals surface area contributed by atoms with Crippen molar-refractivity contribution >= 4 is 0 Å². The molecular formula is C23H26N2O2. The summed E-state index contributed by atoms with van der Waals surface area (Å²) in [5.74, 6) is 1.91. The molecule has 0 aliphatic carbocycles. The zero-order valence-electron chi connectivity index (χ0n) is 15.8. The lowest BCUT2D eigenvalue weighted by Crippen LogP contribution is -2.22. The summed E-state index contributed by atoms with van der Waals surface area (Å²) in [5, 5.41) is 4.16. The molecule has 0 N–H and O–H groups in total. The highest BCUT2D eigenvalue weighted by Crippen LogP contribution is 2.33. The van der Waals surface area contributed by atoms with Crippen LogP contribution in [0.15, 0.2) is 65.2 Å². The third-order valence-electron chi connectivity index (χ3n) is 5.19. The van der Waals surface area contributed by atoms with Crippen molar-refractivity contribution in [2.75, 3.05) is 6.54 Å². The van der Waals surface area contributed by atoms with Crippen molar-refractivity contribution < 1.29 is 9.26 Å². The van der Waals surface area contributed by atoms with E-state index < -0.39 is 0 Å². The third kappa shape index (κ3) is 4.40. The molecule has 1 atom stereocenters. The van der Waals surface area contributed by atoms with Crippen molar-refractivity contribution in [3.8, 4) is 5.75 Å². The van der Waals surface area contributed by atoms with Gasteiger partial charge in [-0.2, -0.15) is 0 Å². The zero-order valence-corrected chi connectivity index (χ0v) is 15.8. The fourth-order valence-electron chi connectivity index (χ4n) is 3.66. The average Bonchev–Trinajstić information content (AvgIpc) is 3.37. The first kappa shape index (κ1) is 17.8. The number of likely N-dealkylation sites (tertiary alicyclic amines) is 1. The van der Waals surface area contributed by atoms with Crippen LogP contribution in [-0.2, 0) is 19.6 Å². The molecule has 0 bridgehead atoms. The smallest absolute Gasteiger partial charge is 0.154 e. The second kappa shape index (κ2) is 8.40. The van der Waals surface area contributed by atoms with Crippen molar-refractivity contribution in [1.29, 1.82) is 0 Å². The summed E-state index contributed by atoms with van der Waals surface area (Å²) in [5.41, 5.74) is 3.51. The number of ether oxygens (including phenoxy) is 1. The number of nitrogens with zero attached hydrogens (tertiary/aromatic N) is 2. The number of hydrogen-bond donors (Lipinski definition) is 0. The van der Waals surface area contributed by atoms with E-state index >= 15 is 0 Å². The Morgan fingerprint density at radius 2 is 1.89 bits per heavy atom. The number of rotatable bonds is 7. The van der Waals surface area contributed by atoms with Crippen molar-refractivity contribution in [2.24, 2.45) is 0 Å². The summed E-state index contributed by atoms with van der Waals surface area (Å²) in [6, 6.07) is 21.1. The van der Waals surface area contributed by atoms with Gasteiger partial charge in [0.25, 0.3) is 0 Å². The lowest BCUT2D eigenvalue weighted by Gasteiger charge is -2.22. The Morgan fingerprint density at radius 1 is 1.07 bits per heavy atom. The van der Waals surface area contributed by atoms with E-state index in [1.807, 2.05) is 18.2 Å². The fourth-order valence-corrected chi connectivity index (χ4v) is 3.66. The molecular weight excluding hydrogens is 336 g/mol. The van der Waals surface area contributed by atoms with Gasteiger partial charge in [0.2, 0.25) is 0 Å². The molecule has 4 heteroatoms. The van der Waals surface area contributed by atoms with Gasteiger partial charge in [-0.05, 0) is 49.1 Å². The molecule has 0 saturated carbocycles. The van der Waals surface area contributed by atoms with E-state index in [-0.39, 0.29) is 0 Å². The first-order valence-corrected chi connectivity index (χ1v) is 9.77. The maximum atomic E-state index is 5.89. The number of benzene rings is 2. The Hall–Kier alpha value is -2.59. The van der Waals surface area contributed by atoms with E-state index in [4.69, 9.17) is 9.26 Å². The minimum absolute atomic E-state index is 0.340. The molecule has 0 amide bonds. The van der Waals surface area contributed by atoms with Crippen LogP contribution in [0.25, 0.3) is 0 Å². The van der Waals surface area contributed by atoms with Crippen molar-refractivity contribution in [3.05, 3.63) is 83.2 Å². The fraction of sp³-hybridized carbons (Fsp3) is 0.348. The van der Waals surface area contributed by atoms with Crippen LogP contribution in [0, 0.1) is 0 Å². The number of aromatic nitrogens is 1. The van der Waals surface area contributed by atoms with E-state index in [1.54, 1.807) is 0 Å². The molecule has 3 aromatic rings. The van der Waals surface area contributed by atoms with Crippen LogP contribution in [-0.4, -0.2) is 16.6 Å². The molecule has 2 heterocycles. The third-order valence-corrected chi connectivity index (χ3v) is 5.19. The van der Waals surface area contributed by atoms with E-state index in [0.717, 1.165) is 43.1 Å². The molecule has 140 valence electrons. The molecule has 4 nitrogen and oxygen atoms in total. The first-order valence-electron chi connectivity index (χ1n) is 9.77. The van der Waals surface area contributed by atoms with Crippen LogP contribution >= 0.6 is 0 Å². The lowest BCUT2D eigenvalue weighted by molar-refractivity contribution is 0.206. The van der Waals surface area contributed by atoms with E-state index in [1.165, 1.54) is 17.5 Å². The highest BCUT2D eigenvalue weighted by molar-refractivity contribution is 5.28. The SMILES string of the molecule is CCc1cc(C2CCCN2Cc2ccc(OCc3ccccc3)cc2)on1. The monoisotopic (exact) mass is 362 g/mol. The Morgan fingerprint density at radius 3 is 2.63 bits per heavy atom. The zero-order chi connectivity index (χ0) is 18.5. The van der Waals surface area contributed by atoms with Gasteiger partial charge < -0.3 is 9.26 Å². The van der Waals surface area contributed by atoms with Gasteiger partial charge in [0.05, 0.1) is 11.7 Å². The summed E-state index contributed by atoms with van der Waals surface area (Å²) >= 11 is 0. The van der Waals surface area contributed by atoms with Gasteiger partial charge in [-0.3, -0.25) is 4.90 Å². The number of aryl methyl sites for hydroxylation is 1. The predicted molar refractivity (Wildman–Crippen MR) is 105 cm³/mol. The maximum absolute atomic E-state index is 5.89. The van der Waals surface area contributed by atoms with Crippen LogP contribution in [0.3, 0.4) is 0 Å². The Kier molecular flexibility index (Phi) is 5.54. The molecule has 1 unspecified atom stereocenters. The normalized spacial score (nSPS) is 17.3. The summed E-state index contributed by atoms with van der Waals surface area (Å²) in [6.07, 6.45) is 3.25. The Bertz CT molecular complexity index is 842. The summed E-state index contributed by atoms with van der Waals surface area (Å²) in [6.45, 7) is 4.72. The van der Waals surface area contributed by atoms with Gasteiger partial charge in [0.15, 0.2) is 5.76 Å². The summed E-state index contributed by atoms with van der Waals surface area (Å²) in [7, 11) is 0. The van der Waals surface area contributed by atoms with Gasteiger partial charge in [-0.15, -0.1) is 0 Å². The molecule has 1 aliphatic heterocycles.